The summed E-state index contributed by atoms with van der Waals surface area (Å²) in [4.78, 5) is 63.6. The van der Waals surface area contributed by atoms with E-state index in [0.717, 1.165) is 0 Å². The number of nitrogens with zero attached hydrogens (tertiary/aromatic N) is 2. The average molecular weight is 413 g/mol. The number of hydrogen-bond acceptors (Lipinski definition) is 5. The van der Waals surface area contributed by atoms with E-state index >= 15 is 0 Å². The molecule has 8 nitrogen and oxygen atoms in total. The first-order chi connectivity index (χ1) is 14.2. The van der Waals surface area contributed by atoms with Crippen LogP contribution in [0.4, 0.5) is 0 Å². The lowest BCUT2D eigenvalue weighted by Gasteiger charge is -2.32. The number of fused-ring (bicyclic) bond motifs is 1. The lowest BCUT2D eigenvalue weighted by Crippen LogP contribution is -2.46. The summed E-state index contributed by atoms with van der Waals surface area (Å²) >= 11 is 0. The predicted octanol–water partition coefficient (Wildman–Crippen LogP) is 1.78. The Morgan fingerprint density at radius 2 is 1.67 bits per heavy atom. The van der Waals surface area contributed by atoms with Crippen molar-refractivity contribution in [2.75, 3.05) is 13.1 Å². The van der Waals surface area contributed by atoms with Crippen molar-refractivity contribution in [2.45, 2.75) is 58.5 Å². The van der Waals surface area contributed by atoms with Gasteiger partial charge in [-0.15, -0.1) is 0 Å². The fourth-order valence-electron chi connectivity index (χ4n) is 3.86. The molecule has 0 spiro atoms. The lowest BCUT2D eigenvalue weighted by atomic mass is 10.0. The van der Waals surface area contributed by atoms with Gasteiger partial charge >= 0.3 is 0 Å². The molecule has 0 unspecified atom stereocenters. The highest BCUT2D eigenvalue weighted by atomic mass is 16.2. The van der Waals surface area contributed by atoms with Gasteiger partial charge in [-0.2, -0.15) is 0 Å². The van der Waals surface area contributed by atoms with Crippen molar-refractivity contribution in [1.82, 2.24) is 15.1 Å². The fourth-order valence-corrected chi connectivity index (χ4v) is 3.86. The van der Waals surface area contributed by atoms with Gasteiger partial charge in [-0.3, -0.25) is 24.1 Å². The second-order valence-electron chi connectivity index (χ2n) is 8.17. The van der Waals surface area contributed by atoms with Crippen molar-refractivity contribution < 1.29 is 24.0 Å². The number of nitrogens with one attached hydrogen (secondary N) is 1. The molecule has 30 heavy (non-hydrogen) atoms. The quantitative estimate of drug-likeness (QED) is 0.716. The molecule has 3 rings (SSSR count). The van der Waals surface area contributed by atoms with Gasteiger partial charge in [-0.05, 0) is 51.8 Å². The topological polar surface area (TPSA) is 104 Å². The highest BCUT2D eigenvalue weighted by Crippen LogP contribution is 2.26. The third-order valence-electron chi connectivity index (χ3n) is 5.53. The van der Waals surface area contributed by atoms with Crippen molar-refractivity contribution in [3.8, 4) is 0 Å². The summed E-state index contributed by atoms with van der Waals surface area (Å²) in [5.74, 6) is -1.05. The fraction of sp³-hybridized carbons (Fsp3) is 0.500. The Balaban J connectivity index is 1.60. The van der Waals surface area contributed by atoms with E-state index in [1.165, 1.54) is 17.9 Å². The number of ketones is 1. The molecule has 0 radical (unpaired) electrons. The van der Waals surface area contributed by atoms with Crippen LogP contribution in [-0.2, 0) is 9.59 Å². The van der Waals surface area contributed by atoms with E-state index in [4.69, 9.17) is 0 Å². The van der Waals surface area contributed by atoms with Crippen LogP contribution < -0.4 is 5.32 Å². The second-order valence-corrected chi connectivity index (χ2v) is 8.17. The van der Waals surface area contributed by atoms with Gasteiger partial charge in [0, 0.05) is 43.6 Å². The van der Waals surface area contributed by atoms with Crippen LogP contribution >= 0.6 is 0 Å². The molecule has 0 bridgehead atoms. The number of carbonyl (C=O) groups excluding carboxylic acids is 5. The number of piperidine rings is 1. The molecule has 0 aromatic heterocycles. The zero-order valence-corrected chi connectivity index (χ0v) is 17.6. The van der Waals surface area contributed by atoms with Crippen molar-refractivity contribution >= 4 is 29.4 Å². The molecular formula is C22H27N3O5. The molecule has 1 saturated heterocycles. The highest BCUT2D eigenvalue weighted by Gasteiger charge is 2.37. The molecule has 8 heteroatoms. The molecule has 2 aliphatic rings. The Morgan fingerprint density at radius 1 is 1.03 bits per heavy atom. The first kappa shape index (κ1) is 21.7. The van der Waals surface area contributed by atoms with Crippen molar-refractivity contribution in [3.05, 3.63) is 34.9 Å². The molecule has 160 valence electrons. The Morgan fingerprint density at radius 3 is 2.27 bits per heavy atom. The predicted molar refractivity (Wildman–Crippen MR) is 109 cm³/mol. The number of carbonyl (C=O) groups is 5. The first-order valence-electron chi connectivity index (χ1n) is 10.3. The van der Waals surface area contributed by atoms with E-state index in [-0.39, 0.29) is 59.9 Å². The van der Waals surface area contributed by atoms with Crippen molar-refractivity contribution in [2.24, 2.45) is 0 Å². The van der Waals surface area contributed by atoms with Gasteiger partial charge in [0.1, 0.15) is 5.78 Å². The van der Waals surface area contributed by atoms with Crippen LogP contribution in [0.3, 0.4) is 0 Å². The van der Waals surface area contributed by atoms with Gasteiger partial charge in [-0.1, -0.05) is 0 Å². The van der Waals surface area contributed by atoms with Gasteiger partial charge in [0.15, 0.2) is 0 Å². The molecule has 0 atom stereocenters. The molecule has 1 aromatic rings. The van der Waals surface area contributed by atoms with Gasteiger partial charge < -0.3 is 15.0 Å². The zero-order valence-electron chi connectivity index (χ0n) is 17.6. The minimum absolute atomic E-state index is 0.0170. The Bertz CT molecular complexity index is 900. The number of benzene rings is 1. The largest absolute Gasteiger partial charge is 0.353 e. The molecule has 4 amide bonds. The normalized spacial score (nSPS) is 16.8. The third-order valence-corrected chi connectivity index (χ3v) is 5.53. The molecule has 2 heterocycles. The first-order valence-corrected chi connectivity index (χ1v) is 10.3. The van der Waals surface area contributed by atoms with Gasteiger partial charge in [0.2, 0.25) is 5.91 Å². The maximum Gasteiger partial charge on any atom is 0.261 e. The van der Waals surface area contributed by atoms with Gasteiger partial charge in [0.05, 0.1) is 11.1 Å². The molecule has 1 N–H and O–H groups in total. The Kier molecular flexibility index (Phi) is 6.34. The number of Topliss-reactive ketones (excluding diaryl/α,β-unsaturated/α-hetero) is 1. The monoisotopic (exact) mass is 413 g/mol. The van der Waals surface area contributed by atoms with E-state index < -0.39 is 0 Å². The van der Waals surface area contributed by atoms with E-state index in [9.17, 15) is 24.0 Å². The van der Waals surface area contributed by atoms with Crippen molar-refractivity contribution in [1.29, 1.82) is 0 Å². The van der Waals surface area contributed by atoms with Gasteiger partial charge in [-0.25, -0.2) is 0 Å². The summed E-state index contributed by atoms with van der Waals surface area (Å²) < 4.78 is 0. The number of hydrogen-bond donors (Lipinski definition) is 1. The molecular weight excluding hydrogens is 386 g/mol. The second kappa shape index (κ2) is 8.77. The Labute approximate surface area is 175 Å². The highest BCUT2D eigenvalue weighted by molar-refractivity contribution is 6.22. The SMILES string of the molecule is CC(=O)CCC(=O)NC1CCN(C(=O)c2ccc3c(c2)C(=O)N(C(C)C)C3=O)CC1. The van der Waals surface area contributed by atoms with Crippen LogP contribution in [-0.4, -0.2) is 64.4 Å². The number of amides is 4. The van der Waals surface area contributed by atoms with Crippen LogP contribution in [0.2, 0.25) is 0 Å². The lowest BCUT2D eigenvalue weighted by molar-refractivity contribution is -0.125. The van der Waals surface area contributed by atoms with Crippen molar-refractivity contribution in [3.63, 3.8) is 0 Å². The van der Waals surface area contributed by atoms with Crippen LogP contribution in [0.1, 0.15) is 77.5 Å². The minimum Gasteiger partial charge on any atom is -0.353 e. The van der Waals surface area contributed by atoms with Crippen LogP contribution in [0, 0.1) is 0 Å². The molecule has 2 aliphatic heterocycles. The van der Waals surface area contributed by atoms with E-state index in [1.54, 1.807) is 30.9 Å². The number of imide groups is 1. The summed E-state index contributed by atoms with van der Waals surface area (Å²) in [7, 11) is 0. The van der Waals surface area contributed by atoms with Crippen LogP contribution in [0.15, 0.2) is 18.2 Å². The summed E-state index contributed by atoms with van der Waals surface area (Å²) in [6.45, 7) is 5.98. The van der Waals surface area contributed by atoms with E-state index in [0.29, 0.717) is 37.1 Å². The molecule has 0 saturated carbocycles. The summed E-state index contributed by atoms with van der Waals surface area (Å²) in [5, 5.41) is 2.92. The molecule has 1 fully saturated rings. The third kappa shape index (κ3) is 4.42. The summed E-state index contributed by atoms with van der Waals surface area (Å²) in [6.07, 6.45) is 1.67. The summed E-state index contributed by atoms with van der Waals surface area (Å²) in [5.41, 5.74) is 0.980. The summed E-state index contributed by atoms with van der Waals surface area (Å²) in [6, 6.07) is 4.38. The standard InChI is InChI=1S/C22H27N3O5/c1-13(2)25-21(29)17-6-5-15(12-18(17)22(25)30)20(28)24-10-8-16(9-11-24)23-19(27)7-4-14(3)26/h5-6,12-13,16H,4,7-11H2,1-3H3,(H,23,27). The van der Waals surface area contributed by atoms with E-state index in [1.807, 2.05) is 0 Å². The smallest absolute Gasteiger partial charge is 0.261 e. The number of rotatable bonds is 6. The molecule has 1 aromatic carbocycles. The van der Waals surface area contributed by atoms with Crippen LogP contribution in [0.25, 0.3) is 0 Å². The zero-order chi connectivity index (χ0) is 22.0. The van der Waals surface area contributed by atoms with E-state index in [2.05, 4.69) is 5.32 Å². The van der Waals surface area contributed by atoms with Gasteiger partial charge in [0.25, 0.3) is 17.7 Å². The average Bonchev–Trinajstić information content (AvgIpc) is 2.96. The number of likely N-dealkylation sites (tertiary alicyclic amines) is 1. The van der Waals surface area contributed by atoms with Crippen LogP contribution in [0.5, 0.6) is 0 Å². The minimum atomic E-state index is -0.369. The Hall–Kier alpha value is -3.03. The maximum absolute atomic E-state index is 12.9. The molecule has 0 aliphatic carbocycles. The maximum atomic E-state index is 12.9.